The zero-order valence-corrected chi connectivity index (χ0v) is 10.5. The highest BCUT2D eigenvalue weighted by Gasteiger charge is 2.50. The monoisotopic (exact) mass is 226 g/mol. The Morgan fingerprint density at radius 3 is 2.56 bits per heavy atom. The zero-order valence-electron chi connectivity index (χ0n) is 10.5. The predicted molar refractivity (Wildman–Crippen MR) is 66.2 cm³/mol. The summed E-state index contributed by atoms with van der Waals surface area (Å²) < 4.78 is 0. The molecule has 1 saturated carbocycles. The second kappa shape index (κ2) is 4.63. The summed E-state index contributed by atoms with van der Waals surface area (Å²) in [6, 6.07) is 0. The highest BCUT2D eigenvalue weighted by molar-refractivity contribution is 5.03. The van der Waals surface area contributed by atoms with Crippen molar-refractivity contribution in [2.45, 2.75) is 51.0 Å². The Balaban J connectivity index is 2.18. The van der Waals surface area contributed by atoms with Crippen molar-refractivity contribution in [1.82, 2.24) is 5.32 Å². The van der Waals surface area contributed by atoms with Gasteiger partial charge >= 0.3 is 0 Å². The molecule has 0 spiro atoms. The number of nitrogens with one attached hydrogen (secondary N) is 1. The number of hydrogen-bond donors (Lipinski definition) is 3. The Kier molecular flexibility index (Phi) is 3.57. The molecule has 2 aliphatic rings. The molecule has 2 rings (SSSR count). The van der Waals surface area contributed by atoms with Crippen molar-refractivity contribution in [3.05, 3.63) is 0 Å². The van der Waals surface area contributed by atoms with Gasteiger partial charge in [-0.1, -0.05) is 19.8 Å². The molecule has 3 nitrogen and oxygen atoms in total. The van der Waals surface area contributed by atoms with E-state index in [1.54, 1.807) is 0 Å². The minimum Gasteiger partial charge on any atom is -0.389 e. The minimum atomic E-state index is -0.512. The molecule has 0 aromatic rings. The number of nitrogens with two attached hydrogens (primary N) is 1. The van der Waals surface area contributed by atoms with Crippen LogP contribution in [0.1, 0.15) is 45.4 Å². The van der Waals surface area contributed by atoms with Crippen molar-refractivity contribution in [1.29, 1.82) is 0 Å². The molecule has 3 heteroatoms. The van der Waals surface area contributed by atoms with Crippen molar-refractivity contribution >= 4 is 0 Å². The number of hydrogen-bond acceptors (Lipinski definition) is 3. The Hall–Kier alpha value is -0.120. The van der Waals surface area contributed by atoms with Gasteiger partial charge in [0, 0.05) is 12.0 Å². The average Bonchev–Trinajstić information content (AvgIpc) is 2.29. The van der Waals surface area contributed by atoms with E-state index in [-0.39, 0.29) is 5.41 Å². The lowest BCUT2D eigenvalue weighted by Gasteiger charge is -2.52. The van der Waals surface area contributed by atoms with E-state index in [1.807, 2.05) is 0 Å². The lowest BCUT2D eigenvalue weighted by Crippen LogP contribution is -2.58. The van der Waals surface area contributed by atoms with Crippen LogP contribution in [0.5, 0.6) is 0 Å². The fourth-order valence-electron chi connectivity index (χ4n) is 3.83. The van der Waals surface area contributed by atoms with Gasteiger partial charge in [0.25, 0.3) is 0 Å². The van der Waals surface area contributed by atoms with E-state index >= 15 is 0 Å². The molecule has 0 amide bonds. The number of aliphatic hydroxyl groups is 1. The van der Waals surface area contributed by atoms with Crippen molar-refractivity contribution in [3.63, 3.8) is 0 Å². The molecule has 0 aromatic carbocycles. The van der Waals surface area contributed by atoms with Crippen LogP contribution in [0.25, 0.3) is 0 Å². The number of piperidine rings is 1. The van der Waals surface area contributed by atoms with E-state index < -0.39 is 5.60 Å². The van der Waals surface area contributed by atoms with E-state index in [9.17, 15) is 5.11 Å². The summed E-state index contributed by atoms with van der Waals surface area (Å²) in [7, 11) is 0. The van der Waals surface area contributed by atoms with Gasteiger partial charge in [-0.2, -0.15) is 0 Å². The summed E-state index contributed by atoms with van der Waals surface area (Å²) in [6.07, 6.45) is 6.50. The maximum absolute atomic E-state index is 10.9. The van der Waals surface area contributed by atoms with Crippen LogP contribution in [0.3, 0.4) is 0 Å². The van der Waals surface area contributed by atoms with Gasteiger partial charge < -0.3 is 16.2 Å². The maximum atomic E-state index is 10.9. The second-order valence-corrected chi connectivity index (χ2v) is 5.97. The van der Waals surface area contributed by atoms with E-state index in [0.29, 0.717) is 6.54 Å². The van der Waals surface area contributed by atoms with Crippen LogP contribution in [0.15, 0.2) is 0 Å². The Bertz CT molecular complexity index is 238. The Labute approximate surface area is 98.8 Å². The van der Waals surface area contributed by atoms with Gasteiger partial charge in [0.05, 0.1) is 5.60 Å². The van der Waals surface area contributed by atoms with Crippen LogP contribution in [-0.4, -0.2) is 30.3 Å². The molecule has 1 saturated heterocycles. The van der Waals surface area contributed by atoms with Crippen molar-refractivity contribution in [3.8, 4) is 0 Å². The van der Waals surface area contributed by atoms with Crippen molar-refractivity contribution in [2.75, 3.05) is 19.6 Å². The van der Waals surface area contributed by atoms with Crippen molar-refractivity contribution in [2.24, 2.45) is 17.1 Å². The Morgan fingerprint density at radius 1 is 1.31 bits per heavy atom. The number of rotatable bonds is 2. The largest absolute Gasteiger partial charge is 0.389 e. The molecule has 1 aliphatic heterocycles. The predicted octanol–water partition coefficient (Wildman–Crippen LogP) is 1.26. The normalized spacial score (nSPS) is 39.6. The third-order valence-corrected chi connectivity index (χ3v) is 4.90. The van der Waals surface area contributed by atoms with Crippen molar-refractivity contribution < 1.29 is 5.11 Å². The molecule has 0 aromatic heterocycles. The molecular weight excluding hydrogens is 200 g/mol. The third-order valence-electron chi connectivity index (χ3n) is 4.90. The summed E-state index contributed by atoms with van der Waals surface area (Å²) in [5, 5.41) is 14.3. The molecule has 2 atom stereocenters. The Morgan fingerprint density at radius 2 is 2.00 bits per heavy atom. The first-order valence-electron chi connectivity index (χ1n) is 6.75. The summed E-state index contributed by atoms with van der Waals surface area (Å²) in [4.78, 5) is 0. The van der Waals surface area contributed by atoms with Crippen LogP contribution in [0.4, 0.5) is 0 Å². The molecule has 94 valence electrons. The molecule has 0 radical (unpaired) electrons. The SMILES string of the molecule is CC1CCCC(CN)(C2(O)CCNCC2)C1. The quantitative estimate of drug-likeness (QED) is 0.664. The molecule has 2 unspecified atom stereocenters. The average molecular weight is 226 g/mol. The van der Waals surface area contributed by atoms with E-state index in [4.69, 9.17) is 5.73 Å². The van der Waals surface area contributed by atoms with Gasteiger partial charge in [-0.15, -0.1) is 0 Å². The summed E-state index contributed by atoms with van der Waals surface area (Å²) in [5.74, 6) is 0.719. The molecule has 1 aliphatic carbocycles. The van der Waals surface area contributed by atoms with E-state index in [0.717, 1.165) is 44.7 Å². The van der Waals surface area contributed by atoms with Crippen LogP contribution < -0.4 is 11.1 Å². The fourth-order valence-corrected chi connectivity index (χ4v) is 3.83. The molecule has 0 bridgehead atoms. The van der Waals surface area contributed by atoms with Crippen LogP contribution in [0.2, 0.25) is 0 Å². The van der Waals surface area contributed by atoms with Gasteiger partial charge in [-0.05, 0) is 44.7 Å². The molecule has 2 fully saturated rings. The molecule has 4 N–H and O–H groups in total. The highest BCUT2D eigenvalue weighted by atomic mass is 16.3. The van der Waals surface area contributed by atoms with Gasteiger partial charge in [0.15, 0.2) is 0 Å². The lowest BCUT2D eigenvalue weighted by molar-refractivity contribution is -0.124. The van der Waals surface area contributed by atoms with Gasteiger partial charge in [-0.25, -0.2) is 0 Å². The summed E-state index contributed by atoms with van der Waals surface area (Å²) >= 11 is 0. The second-order valence-electron chi connectivity index (χ2n) is 5.97. The first-order valence-corrected chi connectivity index (χ1v) is 6.75. The lowest BCUT2D eigenvalue weighted by atomic mass is 9.58. The first kappa shape index (κ1) is 12.3. The van der Waals surface area contributed by atoms with Crippen LogP contribution >= 0.6 is 0 Å². The first-order chi connectivity index (χ1) is 7.62. The summed E-state index contributed by atoms with van der Waals surface area (Å²) in [6.45, 7) is 4.82. The molecular formula is C13H26N2O. The topological polar surface area (TPSA) is 58.3 Å². The zero-order chi connectivity index (χ0) is 11.6. The smallest absolute Gasteiger partial charge is 0.0740 e. The molecule has 16 heavy (non-hydrogen) atoms. The maximum Gasteiger partial charge on any atom is 0.0740 e. The van der Waals surface area contributed by atoms with Gasteiger partial charge in [-0.3, -0.25) is 0 Å². The third kappa shape index (κ3) is 2.01. The van der Waals surface area contributed by atoms with Crippen LogP contribution in [-0.2, 0) is 0 Å². The summed E-state index contributed by atoms with van der Waals surface area (Å²) in [5.41, 5.74) is 5.52. The highest BCUT2D eigenvalue weighted by Crippen LogP contribution is 2.49. The standard InChI is InChI=1S/C13H26N2O/c1-11-3-2-4-12(9-11,10-14)13(16)5-7-15-8-6-13/h11,15-16H,2-10,14H2,1H3. The van der Waals surface area contributed by atoms with Gasteiger partial charge in [0.1, 0.15) is 0 Å². The van der Waals surface area contributed by atoms with Gasteiger partial charge in [0.2, 0.25) is 0 Å². The minimum absolute atomic E-state index is 0.00718. The molecule has 1 heterocycles. The van der Waals surface area contributed by atoms with E-state index in [2.05, 4.69) is 12.2 Å². The van der Waals surface area contributed by atoms with E-state index in [1.165, 1.54) is 12.8 Å². The van der Waals surface area contributed by atoms with Crippen LogP contribution in [0, 0.1) is 11.3 Å². The fraction of sp³-hybridized carbons (Fsp3) is 1.00.